The molecule has 0 unspecified atom stereocenters. The first kappa shape index (κ1) is 16.6. The predicted molar refractivity (Wildman–Crippen MR) is 80.0 cm³/mol. The van der Waals surface area contributed by atoms with Crippen molar-refractivity contribution in [1.29, 1.82) is 0 Å². The van der Waals surface area contributed by atoms with Gasteiger partial charge in [-0.15, -0.1) is 11.6 Å². The molecule has 1 rings (SSSR count). The van der Waals surface area contributed by atoms with Gasteiger partial charge in [0.15, 0.2) is 0 Å². The highest BCUT2D eigenvalue weighted by molar-refractivity contribution is 7.92. The molecule has 2 N–H and O–H groups in total. The molecule has 0 spiro atoms. The van der Waals surface area contributed by atoms with Crippen LogP contribution in [0.1, 0.15) is 13.3 Å². The summed E-state index contributed by atoms with van der Waals surface area (Å²) in [7, 11) is -2.07. The van der Waals surface area contributed by atoms with Crippen molar-refractivity contribution < 1.29 is 17.9 Å². The Bertz CT molecular complexity index is 575. The Morgan fingerprint density at radius 1 is 1.40 bits per heavy atom. The summed E-state index contributed by atoms with van der Waals surface area (Å²) in [6, 6.07) is 4.69. The van der Waals surface area contributed by atoms with Crippen LogP contribution in [0, 0.1) is 0 Å². The van der Waals surface area contributed by atoms with Crippen LogP contribution in [-0.2, 0) is 14.8 Å². The van der Waals surface area contributed by atoms with Gasteiger partial charge in [-0.25, -0.2) is 8.42 Å². The zero-order valence-electron chi connectivity index (χ0n) is 11.3. The van der Waals surface area contributed by atoms with Gasteiger partial charge in [0.05, 0.1) is 18.6 Å². The van der Waals surface area contributed by atoms with E-state index in [0.717, 1.165) is 0 Å². The van der Waals surface area contributed by atoms with Crippen LogP contribution >= 0.6 is 11.6 Å². The predicted octanol–water partition coefficient (Wildman–Crippen LogP) is 2.02. The summed E-state index contributed by atoms with van der Waals surface area (Å²) in [5, 5.41) is 2.58. The number of sulfonamides is 1. The van der Waals surface area contributed by atoms with Crippen LogP contribution in [0.5, 0.6) is 5.75 Å². The largest absolute Gasteiger partial charge is 0.495 e. The van der Waals surface area contributed by atoms with E-state index < -0.39 is 10.0 Å². The smallest absolute Gasteiger partial charge is 0.232 e. The standard InChI is InChI=1S/C12H17ClN2O4S/c1-9(16)14-10-4-5-12(19-2)11(8-10)15-20(17,18)7-3-6-13/h4-5,8,15H,3,6-7H2,1-2H3,(H,14,16). The average Bonchev–Trinajstić information content (AvgIpc) is 2.35. The fourth-order valence-corrected chi connectivity index (χ4v) is 2.95. The minimum atomic E-state index is -3.50. The summed E-state index contributed by atoms with van der Waals surface area (Å²) < 4.78 is 31.2. The lowest BCUT2D eigenvalue weighted by atomic mass is 10.2. The van der Waals surface area contributed by atoms with Gasteiger partial charge < -0.3 is 10.1 Å². The summed E-state index contributed by atoms with van der Waals surface area (Å²) in [5.74, 6) is 0.313. The quantitative estimate of drug-likeness (QED) is 0.753. The zero-order chi connectivity index (χ0) is 15.2. The highest BCUT2D eigenvalue weighted by atomic mass is 35.5. The van der Waals surface area contributed by atoms with Crippen LogP contribution in [-0.4, -0.2) is 33.1 Å². The van der Waals surface area contributed by atoms with Crippen molar-refractivity contribution in [2.24, 2.45) is 0 Å². The van der Waals surface area contributed by atoms with E-state index >= 15 is 0 Å². The molecule has 0 saturated heterocycles. The number of methoxy groups -OCH3 is 1. The first-order valence-electron chi connectivity index (χ1n) is 5.90. The summed E-state index contributed by atoms with van der Waals surface area (Å²) >= 11 is 5.49. The molecule has 1 aromatic carbocycles. The number of carbonyl (C=O) groups excluding carboxylic acids is 1. The fraction of sp³-hybridized carbons (Fsp3) is 0.417. The Labute approximate surface area is 123 Å². The second-order valence-electron chi connectivity index (χ2n) is 4.06. The first-order valence-corrected chi connectivity index (χ1v) is 8.08. The monoisotopic (exact) mass is 320 g/mol. The fourth-order valence-electron chi connectivity index (χ4n) is 1.53. The van der Waals surface area contributed by atoms with Gasteiger partial charge in [-0.3, -0.25) is 9.52 Å². The second kappa shape index (κ2) is 7.35. The molecular formula is C12H17ClN2O4S. The Morgan fingerprint density at radius 2 is 2.10 bits per heavy atom. The third kappa shape index (κ3) is 5.26. The number of anilines is 2. The molecule has 0 fully saturated rings. The van der Waals surface area contributed by atoms with Crippen LogP contribution in [0.4, 0.5) is 11.4 Å². The molecule has 0 aliphatic carbocycles. The molecule has 0 bridgehead atoms. The maximum absolute atomic E-state index is 11.8. The molecule has 112 valence electrons. The molecule has 0 atom stereocenters. The van der Waals surface area contributed by atoms with Gasteiger partial charge >= 0.3 is 0 Å². The number of rotatable bonds is 7. The van der Waals surface area contributed by atoms with Crippen LogP contribution in [0.2, 0.25) is 0 Å². The van der Waals surface area contributed by atoms with E-state index in [1.165, 1.54) is 20.1 Å². The molecule has 0 aromatic heterocycles. The minimum absolute atomic E-state index is 0.0793. The maximum atomic E-state index is 11.8. The van der Waals surface area contributed by atoms with Crippen LogP contribution < -0.4 is 14.8 Å². The van der Waals surface area contributed by atoms with Crippen LogP contribution in [0.15, 0.2) is 18.2 Å². The van der Waals surface area contributed by atoms with Crippen molar-refractivity contribution in [2.75, 3.05) is 28.8 Å². The Morgan fingerprint density at radius 3 is 2.65 bits per heavy atom. The van der Waals surface area contributed by atoms with E-state index in [0.29, 0.717) is 17.9 Å². The number of hydrogen-bond acceptors (Lipinski definition) is 4. The summed E-state index contributed by atoms with van der Waals surface area (Å²) in [6.45, 7) is 1.37. The van der Waals surface area contributed by atoms with E-state index in [1.54, 1.807) is 12.1 Å². The highest BCUT2D eigenvalue weighted by Crippen LogP contribution is 2.28. The van der Waals surface area contributed by atoms with Gasteiger partial charge in [0.25, 0.3) is 0 Å². The summed E-state index contributed by atoms with van der Waals surface area (Å²) in [6.07, 6.45) is 0.352. The molecule has 0 aliphatic rings. The Hall–Kier alpha value is -1.47. The molecular weight excluding hydrogens is 304 g/mol. The lowest BCUT2D eigenvalue weighted by Gasteiger charge is -2.13. The minimum Gasteiger partial charge on any atom is -0.495 e. The van der Waals surface area contributed by atoms with Crippen molar-refractivity contribution in [2.45, 2.75) is 13.3 Å². The van der Waals surface area contributed by atoms with E-state index in [2.05, 4.69) is 10.0 Å². The molecule has 0 saturated carbocycles. The van der Waals surface area contributed by atoms with Gasteiger partial charge in [-0.05, 0) is 24.6 Å². The van der Waals surface area contributed by atoms with Crippen molar-refractivity contribution in [3.05, 3.63) is 18.2 Å². The topological polar surface area (TPSA) is 84.5 Å². The van der Waals surface area contributed by atoms with Gasteiger partial charge in [-0.1, -0.05) is 0 Å². The molecule has 0 heterocycles. The van der Waals surface area contributed by atoms with E-state index in [1.807, 2.05) is 0 Å². The molecule has 20 heavy (non-hydrogen) atoms. The number of ether oxygens (including phenoxy) is 1. The van der Waals surface area contributed by atoms with E-state index in [-0.39, 0.29) is 23.2 Å². The lowest BCUT2D eigenvalue weighted by molar-refractivity contribution is -0.114. The molecule has 0 radical (unpaired) electrons. The average molecular weight is 321 g/mol. The normalized spacial score (nSPS) is 10.9. The van der Waals surface area contributed by atoms with E-state index in [9.17, 15) is 13.2 Å². The highest BCUT2D eigenvalue weighted by Gasteiger charge is 2.14. The van der Waals surface area contributed by atoms with Gasteiger partial charge in [0.1, 0.15) is 5.75 Å². The molecule has 0 aliphatic heterocycles. The van der Waals surface area contributed by atoms with Crippen molar-refractivity contribution in [3.8, 4) is 5.75 Å². The number of alkyl halides is 1. The number of carbonyl (C=O) groups is 1. The van der Waals surface area contributed by atoms with Crippen molar-refractivity contribution in [3.63, 3.8) is 0 Å². The third-order valence-electron chi connectivity index (χ3n) is 2.33. The Balaban J connectivity index is 2.99. The number of benzene rings is 1. The van der Waals surface area contributed by atoms with Crippen molar-refractivity contribution >= 4 is 38.9 Å². The Kier molecular flexibility index (Phi) is 6.09. The van der Waals surface area contributed by atoms with Crippen molar-refractivity contribution in [1.82, 2.24) is 0 Å². The second-order valence-corrected chi connectivity index (χ2v) is 6.28. The SMILES string of the molecule is COc1ccc(NC(C)=O)cc1NS(=O)(=O)CCCCl. The molecule has 1 amide bonds. The molecule has 6 nitrogen and oxygen atoms in total. The summed E-state index contributed by atoms with van der Waals surface area (Å²) in [5.41, 5.74) is 0.752. The molecule has 8 heteroatoms. The number of amides is 1. The third-order valence-corrected chi connectivity index (χ3v) is 3.96. The van der Waals surface area contributed by atoms with Crippen LogP contribution in [0.3, 0.4) is 0 Å². The van der Waals surface area contributed by atoms with Gasteiger partial charge in [0.2, 0.25) is 15.9 Å². The maximum Gasteiger partial charge on any atom is 0.232 e. The number of hydrogen-bond donors (Lipinski definition) is 2. The van der Waals surface area contributed by atoms with Crippen LogP contribution in [0.25, 0.3) is 0 Å². The summed E-state index contributed by atoms with van der Waals surface area (Å²) in [4.78, 5) is 11.0. The molecule has 1 aromatic rings. The lowest BCUT2D eigenvalue weighted by Crippen LogP contribution is -2.17. The van der Waals surface area contributed by atoms with E-state index in [4.69, 9.17) is 16.3 Å². The van der Waals surface area contributed by atoms with Gasteiger partial charge in [-0.2, -0.15) is 0 Å². The number of nitrogens with one attached hydrogen (secondary N) is 2. The zero-order valence-corrected chi connectivity index (χ0v) is 12.8. The van der Waals surface area contributed by atoms with Gasteiger partial charge in [0, 0.05) is 18.5 Å². The number of halogens is 1. The first-order chi connectivity index (χ1) is 9.38.